The molecule has 0 unspecified atom stereocenters. The molecule has 0 atom stereocenters. The molecule has 0 amide bonds. The lowest BCUT2D eigenvalue weighted by atomic mass is 10.3. The molecule has 2 N–H and O–H groups in total. The second kappa shape index (κ2) is 9.25. The number of thiazole rings is 1. The van der Waals surface area contributed by atoms with Gasteiger partial charge in [-0.3, -0.25) is 4.99 Å². The van der Waals surface area contributed by atoms with E-state index in [9.17, 15) is 0 Å². The Morgan fingerprint density at radius 3 is 2.82 bits per heavy atom. The molecule has 6 heteroatoms. The van der Waals surface area contributed by atoms with E-state index in [2.05, 4.69) is 49.9 Å². The Morgan fingerprint density at radius 2 is 2.14 bits per heavy atom. The van der Waals surface area contributed by atoms with Gasteiger partial charge in [0.2, 0.25) is 0 Å². The molecular weight excluding hydrogens is 294 g/mol. The van der Waals surface area contributed by atoms with Gasteiger partial charge in [-0.2, -0.15) is 0 Å². The lowest BCUT2D eigenvalue weighted by Gasteiger charge is -2.11. The zero-order valence-electron chi connectivity index (χ0n) is 13.4. The van der Waals surface area contributed by atoms with Gasteiger partial charge in [0.15, 0.2) is 5.96 Å². The van der Waals surface area contributed by atoms with E-state index in [-0.39, 0.29) is 0 Å². The standard InChI is InChI=1S/C16H25N5S/c1-3-17-16(19-9-12-21-10-4-5-11-21)18-8-6-7-15-20-14(2)13-22-15/h4-5,10-11,13H,3,6-9,12H2,1-2H3,(H2,17,18,19). The predicted octanol–water partition coefficient (Wildman–Crippen LogP) is 2.44. The molecule has 2 heterocycles. The number of aryl methyl sites for hydroxylation is 2. The summed E-state index contributed by atoms with van der Waals surface area (Å²) in [6.45, 7) is 7.62. The number of rotatable bonds is 8. The number of aromatic nitrogens is 2. The molecule has 0 saturated heterocycles. The normalized spacial score (nSPS) is 11.6. The lowest BCUT2D eigenvalue weighted by Crippen LogP contribution is -2.38. The van der Waals surface area contributed by atoms with Gasteiger partial charge in [-0.25, -0.2) is 4.98 Å². The van der Waals surface area contributed by atoms with Gasteiger partial charge < -0.3 is 15.2 Å². The zero-order valence-corrected chi connectivity index (χ0v) is 14.2. The van der Waals surface area contributed by atoms with E-state index in [1.807, 2.05) is 19.1 Å². The predicted molar refractivity (Wildman–Crippen MR) is 93.6 cm³/mol. The molecule has 0 aromatic carbocycles. The molecular formula is C16H25N5S. The summed E-state index contributed by atoms with van der Waals surface area (Å²) < 4.78 is 2.15. The first-order valence-corrected chi connectivity index (χ1v) is 8.70. The fraction of sp³-hybridized carbons (Fsp3) is 0.500. The largest absolute Gasteiger partial charge is 0.357 e. The third kappa shape index (κ3) is 5.89. The average molecular weight is 319 g/mol. The van der Waals surface area contributed by atoms with E-state index >= 15 is 0 Å². The molecule has 5 nitrogen and oxygen atoms in total. The molecule has 0 spiro atoms. The molecule has 0 bridgehead atoms. The molecule has 0 saturated carbocycles. The minimum Gasteiger partial charge on any atom is -0.357 e. The summed E-state index contributed by atoms with van der Waals surface area (Å²) in [6, 6.07) is 4.08. The van der Waals surface area contributed by atoms with Crippen LogP contribution in [0.3, 0.4) is 0 Å². The van der Waals surface area contributed by atoms with Crippen molar-refractivity contribution in [3.05, 3.63) is 40.6 Å². The van der Waals surface area contributed by atoms with Crippen LogP contribution in [0.2, 0.25) is 0 Å². The van der Waals surface area contributed by atoms with Crippen LogP contribution in [-0.4, -0.2) is 35.1 Å². The van der Waals surface area contributed by atoms with E-state index in [0.29, 0.717) is 0 Å². The highest BCUT2D eigenvalue weighted by molar-refractivity contribution is 7.09. The molecule has 2 aromatic heterocycles. The van der Waals surface area contributed by atoms with Crippen LogP contribution < -0.4 is 10.6 Å². The number of nitrogens with one attached hydrogen (secondary N) is 2. The Bertz CT molecular complexity index is 559. The number of nitrogens with zero attached hydrogens (tertiary/aromatic N) is 3. The molecule has 0 fully saturated rings. The summed E-state index contributed by atoms with van der Waals surface area (Å²) in [5.41, 5.74) is 1.11. The molecule has 22 heavy (non-hydrogen) atoms. The number of hydrogen-bond donors (Lipinski definition) is 2. The van der Waals surface area contributed by atoms with Crippen LogP contribution >= 0.6 is 11.3 Å². The van der Waals surface area contributed by atoms with Crippen LogP contribution in [0.25, 0.3) is 0 Å². The first kappa shape index (κ1) is 16.5. The fourth-order valence-electron chi connectivity index (χ4n) is 2.10. The van der Waals surface area contributed by atoms with Crippen molar-refractivity contribution >= 4 is 17.3 Å². The number of aliphatic imine (C=N–C) groups is 1. The summed E-state index contributed by atoms with van der Waals surface area (Å²) in [7, 11) is 0. The first-order valence-electron chi connectivity index (χ1n) is 7.82. The first-order chi connectivity index (χ1) is 10.8. The molecule has 0 aliphatic carbocycles. The van der Waals surface area contributed by atoms with Crippen LogP contribution in [0, 0.1) is 6.92 Å². The van der Waals surface area contributed by atoms with Crippen LogP contribution in [-0.2, 0) is 13.0 Å². The van der Waals surface area contributed by atoms with Crippen molar-refractivity contribution < 1.29 is 0 Å². The highest BCUT2D eigenvalue weighted by Gasteiger charge is 1.99. The van der Waals surface area contributed by atoms with Gasteiger partial charge in [-0.05, 0) is 32.4 Å². The Morgan fingerprint density at radius 1 is 1.32 bits per heavy atom. The van der Waals surface area contributed by atoms with E-state index < -0.39 is 0 Å². The van der Waals surface area contributed by atoms with Crippen molar-refractivity contribution in [2.24, 2.45) is 4.99 Å². The summed E-state index contributed by atoms with van der Waals surface area (Å²) in [4.78, 5) is 9.09. The topological polar surface area (TPSA) is 54.2 Å². The van der Waals surface area contributed by atoms with E-state index in [1.165, 1.54) is 5.01 Å². The molecule has 2 rings (SSSR count). The van der Waals surface area contributed by atoms with Crippen LogP contribution in [0.15, 0.2) is 34.9 Å². The van der Waals surface area contributed by atoms with Crippen LogP contribution in [0.1, 0.15) is 24.0 Å². The van der Waals surface area contributed by atoms with E-state index in [0.717, 1.165) is 50.7 Å². The zero-order chi connectivity index (χ0) is 15.6. The van der Waals surface area contributed by atoms with Crippen molar-refractivity contribution in [1.82, 2.24) is 20.2 Å². The maximum absolute atomic E-state index is 4.62. The summed E-state index contributed by atoms with van der Waals surface area (Å²) >= 11 is 1.74. The van der Waals surface area contributed by atoms with Crippen LogP contribution in [0.4, 0.5) is 0 Å². The van der Waals surface area contributed by atoms with Gasteiger partial charge in [-0.1, -0.05) is 0 Å². The van der Waals surface area contributed by atoms with E-state index in [1.54, 1.807) is 11.3 Å². The van der Waals surface area contributed by atoms with Gasteiger partial charge in [0.05, 0.1) is 5.01 Å². The summed E-state index contributed by atoms with van der Waals surface area (Å²) in [5.74, 6) is 0.893. The van der Waals surface area contributed by atoms with Crippen molar-refractivity contribution in [3.63, 3.8) is 0 Å². The highest BCUT2D eigenvalue weighted by atomic mass is 32.1. The summed E-state index contributed by atoms with van der Waals surface area (Å²) in [6.07, 6.45) is 6.18. The van der Waals surface area contributed by atoms with Crippen LogP contribution in [0.5, 0.6) is 0 Å². The molecule has 0 radical (unpaired) electrons. The van der Waals surface area contributed by atoms with Crippen molar-refractivity contribution in [1.29, 1.82) is 0 Å². The van der Waals surface area contributed by atoms with Crippen molar-refractivity contribution in [2.75, 3.05) is 19.6 Å². The Balaban J connectivity index is 1.69. The Hall–Kier alpha value is -1.82. The molecule has 0 aliphatic heterocycles. The average Bonchev–Trinajstić information content (AvgIpc) is 3.15. The monoisotopic (exact) mass is 319 g/mol. The maximum atomic E-state index is 4.62. The maximum Gasteiger partial charge on any atom is 0.191 e. The van der Waals surface area contributed by atoms with Gasteiger partial charge in [0.1, 0.15) is 0 Å². The Labute approximate surface area is 136 Å². The minimum absolute atomic E-state index is 0.817. The SMILES string of the molecule is CCNC(=NCCCc1nc(C)cs1)NCCn1cccc1. The second-order valence-electron chi connectivity index (χ2n) is 5.09. The molecule has 120 valence electrons. The molecule has 2 aromatic rings. The second-order valence-corrected chi connectivity index (χ2v) is 6.04. The van der Waals surface area contributed by atoms with Gasteiger partial charge >= 0.3 is 0 Å². The smallest absolute Gasteiger partial charge is 0.191 e. The fourth-order valence-corrected chi connectivity index (χ4v) is 2.92. The summed E-state index contributed by atoms with van der Waals surface area (Å²) in [5, 5.41) is 9.96. The van der Waals surface area contributed by atoms with Crippen molar-refractivity contribution in [2.45, 2.75) is 33.2 Å². The number of guanidine groups is 1. The minimum atomic E-state index is 0.817. The number of hydrogen-bond acceptors (Lipinski definition) is 3. The van der Waals surface area contributed by atoms with Crippen molar-refractivity contribution in [3.8, 4) is 0 Å². The molecule has 0 aliphatic rings. The van der Waals surface area contributed by atoms with Gasteiger partial charge in [-0.15, -0.1) is 11.3 Å². The lowest BCUT2D eigenvalue weighted by molar-refractivity contribution is 0.664. The Kier molecular flexibility index (Phi) is 6.96. The quantitative estimate of drug-likeness (QED) is 0.446. The highest BCUT2D eigenvalue weighted by Crippen LogP contribution is 2.10. The van der Waals surface area contributed by atoms with Gasteiger partial charge in [0, 0.05) is 56.1 Å². The third-order valence-electron chi connectivity index (χ3n) is 3.16. The van der Waals surface area contributed by atoms with Gasteiger partial charge in [0.25, 0.3) is 0 Å². The van der Waals surface area contributed by atoms with E-state index in [4.69, 9.17) is 0 Å². The third-order valence-corrected chi connectivity index (χ3v) is 4.18.